The van der Waals surface area contributed by atoms with E-state index < -0.39 is 0 Å². The SMILES string of the molecule is Brc1cnc2nc3c(cc2c1)C1CCC(C3)N1.Cl.Cl. The first-order valence-corrected chi connectivity index (χ1v) is 6.80. The van der Waals surface area contributed by atoms with E-state index in [1.165, 1.54) is 24.1 Å². The van der Waals surface area contributed by atoms with Gasteiger partial charge in [0.15, 0.2) is 5.65 Å². The molecule has 2 aromatic rings. The molecule has 6 heteroatoms. The second-order valence-electron chi connectivity index (χ2n) is 4.92. The minimum atomic E-state index is 0. The minimum absolute atomic E-state index is 0. The third-order valence-electron chi connectivity index (χ3n) is 3.80. The number of aromatic nitrogens is 2. The molecule has 4 rings (SSSR count). The van der Waals surface area contributed by atoms with Gasteiger partial charge < -0.3 is 5.32 Å². The van der Waals surface area contributed by atoms with Gasteiger partial charge in [0.05, 0.1) is 0 Å². The van der Waals surface area contributed by atoms with Crippen LogP contribution in [0.25, 0.3) is 11.0 Å². The van der Waals surface area contributed by atoms with E-state index in [2.05, 4.69) is 38.4 Å². The van der Waals surface area contributed by atoms with Crippen LogP contribution in [-0.4, -0.2) is 16.0 Å². The highest BCUT2D eigenvalue weighted by molar-refractivity contribution is 9.10. The van der Waals surface area contributed by atoms with E-state index in [0.717, 1.165) is 21.9 Å². The van der Waals surface area contributed by atoms with Crippen LogP contribution in [0.4, 0.5) is 0 Å². The van der Waals surface area contributed by atoms with E-state index in [4.69, 9.17) is 4.98 Å². The second kappa shape index (κ2) is 5.52. The molecule has 2 aliphatic heterocycles. The summed E-state index contributed by atoms with van der Waals surface area (Å²) in [5.74, 6) is 0. The first-order chi connectivity index (χ1) is 8.29. The average Bonchev–Trinajstić information content (AvgIpc) is 2.71. The van der Waals surface area contributed by atoms with E-state index in [9.17, 15) is 0 Å². The number of fused-ring (bicyclic) bond motifs is 5. The zero-order valence-corrected chi connectivity index (χ0v) is 13.3. The van der Waals surface area contributed by atoms with Gasteiger partial charge in [0, 0.05) is 40.3 Å². The molecule has 2 aliphatic rings. The average molecular weight is 363 g/mol. The van der Waals surface area contributed by atoms with Crippen LogP contribution >= 0.6 is 40.7 Å². The van der Waals surface area contributed by atoms with Crippen LogP contribution in [0.2, 0.25) is 0 Å². The third kappa shape index (κ3) is 2.47. The molecule has 2 bridgehead atoms. The predicted molar refractivity (Wildman–Crippen MR) is 84.3 cm³/mol. The van der Waals surface area contributed by atoms with Crippen LogP contribution in [-0.2, 0) is 6.42 Å². The fourth-order valence-corrected chi connectivity index (χ4v) is 3.36. The van der Waals surface area contributed by atoms with Crippen molar-refractivity contribution in [3.05, 3.63) is 34.1 Å². The fourth-order valence-electron chi connectivity index (χ4n) is 3.01. The molecule has 1 fully saturated rings. The Morgan fingerprint density at radius 3 is 2.89 bits per heavy atom. The van der Waals surface area contributed by atoms with Gasteiger partial charge in [-0.15, -0.1) is 24.8 Å². The number of pyridine rings is 2. The van der Waals surface area contributed by atoms with Gasteiger partial charge in [0.1, 0.15) is 0 Å². The maximum atomic E-state index is 4.73. The van der Waals surface area contributed by atoms with Gasteiger partial charge in [0.25, 0.3) is 0 Å². The molecule has 0 aliphatic carbocycles. The molecule has 2 unspecified atom stereocenters. The van der Waals surface area contributed by atoms with Crippen molar-refractivity contribution < 1.29 is 0 Å². The summed E-state index contributed by atoms with van der Waals surface area (Å²) in [5, 5.41) is 4.78. The van der Waals surface area contributed by atoms with Crippen molar-refractivity contribution in [2.45, 2.75) is 31.3 Å². The van der Waals surface area contributed by atoms with E-state index in [-0.39, 0.29) is 24.8 Å². The molecule has 4 heterocycles. The highest BCUT2D eigenvalue weighted by Crippen LogP contribution is 2.36. The summed E-state index contributed by atoms with van der Waals surface area (Å²) in [7, 11) is 0. The Labute approximate surface area is 132 Å². The molecule has 19 heavy (non-hydrogen) atoms. The zero-order chi connectivity index (χ0) is 11.4. The topological polar surface area (TPSA) is 37.8 Å². The van der Waals surface area contributed by atoms with Crippen LogP contribution in [0.1, 0.15) is 30.1 Å². The highest BCUT2D eigenvalue weighted by atomic mass is 79.9. The Bertz CT molecular complexity index is 620. The highest BCUT2D eigenvalue weighted by Gasteiger charge is 2.33. The summed E-state index contributed by atoms with van der Waals surface area (Å²) < 4.78 is 1.01. The largest absolute Gasteiger partial charge is 0.307 e. The monoisotopic (exact) mass is 361 g/mol. The molecule has 0 amide bonds. The summed E-state index contributed by atoms with van der Waals surface area (Å²) in [6.07, 6.45) is 5.39. The number of halogens is 3. The molecule has 1 N–H and O–H groups in total. The van der Waals surface area contributed by atoms with Crippen molar-refractivity contribution in [2.75, 3.05) is 0 Å². The number of nitrogens with one attached hydrogen (secondary N) is 1. The van der Waals surface area contributed by atoms with Crippen molar-refractivity contribution in [3.8, 4) is 0 Å². The number of nitrogens with zero attached hydrogens (tertiary/aromatic N) is 2. The fraction of sp³-hybridized carbons (Fsp3) is 0.385. The number of rotatable bonds is 0. The smallest absolute Gasteiger partial charge is 0.159 e. The summed E-state index contributed by atoms with van der Waals surface area (Å²) in [5.41, 5.74) is 3.50. The van der Waals surface area contributed by atoms with Gasteiger partial charge in [-0.3, -0.25) is 0 Å². The molecule has 0 saturated carbocycles. The van der Waals surface area contributed by atoms with Crippen LogP contribution in [0.5, 0.6) is 0 Å². The Balaban J connectivity index is 0.000000667. The van der Waals surface area contributed by atoms with Crippen molar-refractivity contribution >= 4 is 51.8 Å². The molecular weight excluding hydrogens is 349 g/mol. The van der Waals surface area contributed by atoms with Crippen LogP contribution in [0.15, 0.2) is 22.8 Å². The minimum Gasteiger partial charge on any atom is -0.307 e. The first kappa shape index (κ1) is 15.0. The maximum absolute atomic E-state index is 4.73. The lowest BCUT2D eigenvalue weighted by atomic mass is 9.99. The van der Waals surface area contributed by atoms with Crippen molar-refractivity contribution in [2.24, 2.45) is 0 Å². The zero-order valence-electron chi connectivity index (χ0n) is 10.1. The number of hydrogen-bond donors (Lipinski definition) is 1. The Kier molecular flexibility index (Phi) is 4.35. The molecule has 102 valence electrons. The molecular formula is C13H14BrCl2N3. The first-order valence-electron chi connectivity index (χ1n) is 6.01. The Hall–Kier alpha value is -0.420. The second-order valence-corrected chi connectivity index (χ2v) is 5.84. The van der Waals surface area contributed by atoms with Gasteiger partial charge in [-0.2, -0.15) is 0 Å². The van der Waals surface area contributed by atoms with Crippen LogP contribution in [0.3, 0.4) is 0 Å². The van der Waals surface area contributed by atoms with E-state index in [1.807, 2.05) is 6.20 Å². The van der Waals surface area contributed by atoms with Gasteiger partial charge in [-0.25, -0.2) is 9.97 Å². The molecule has 2 aromatic heterocycles. The third-order valence-corrected chi connectivity index (χ3v) is 4.24. The molecule has 2 atom stereocenters. The molecule has 0 spiro atoms. The van der Waals surface area contributed by atoms with E-state index in [0.29, 0.717) is 12.1 Å². The lowest BCUT2D eigenvalue weighted by Crippen LogP contribution is -2.32. The molecule has 1 saturated heterocycles. The predicted octanol–water partition coefficient (Wildman–Crippen LogP) is 3.59. The molecule has 3 nitrogen and oxygen atoms in total. The summed E-state index contributed by atoms with van der Waals surface area (Å²) in [6, 6.07) is 5.50. The summed E-state index contributed by atoms with van der Waals surface area (Å²) in [6.45, 7) is 0. The van der Waals surface area contributed by atoms with E-state index >= 15 is 0 Å². The summed E-state index contributed by atoms with van der Waals surface area (Å²) >= 11 is 3.46. The Morgan fingerprint density at radius 1 is 1.21 bits per heavy atom. The molecule has 0 radical (unpaired) electrons. The van der Waals surface area contributed by atoms with Gasteiger partial charge in [-0.05, 0) is 46.5 Å². The quantitative estimate of drug-likeness (QED) is 0.778. The van der Waals surface area contributed by atoms with Crippen LogP contribution < -0.4 is 5.32 Å². The normalized spacial score (nSPS) is 23.4. The number of hydrogen-bond acceptors (Lipinski definition) is 3. The van der Waals surface area contributed by atoms with Gasteiger partial charge in [-0.1, -0.05) is 0 Å². The Morgan fingerprint density at radius 2 is 2.05 bits per heavy atom. The van der Waals surface area contributed by atoms with Crippen molar-refractivity contribution in [1.82, 2.24) is 15.3 Å². The van der Waals surface area contributed by atoms with Crippen molar-refractivity contribution in [3.63, 3.8) is 0 Å². The van der Waals surface area contributed by atoms with Gasteiger partial charge in [0.2, 0.25) is 0 Å². The lowest BCUT2D eigenvalue weighted by Gasteiger charge is -2.23. The summed E-state index contributed by atoms with van der Waals surface area (Å²) in [4.78, 5) is 9.11. The van der Waals surface area contributed by atoms with Crippen molar-refractivity contribution in [1.29, 1.82) is 0 Å². The standard InChI is InChI=1S/C13H12BrN3.2ClH/c14-8-3-7-4-10-11-2-1-9(16-11)5-12(10)17-13(7)15-6-8;;/h3-4,6,9,11,16H,1-2,5H2;2*1H. The van der Waals surface area contributed by atoms with Gasteiger partial charge >= 0.3 is 0 Å². The maximum Gasteiger partial charge on any atom is 0.159 e. The van der Waals surface area contributed by atoms with E-state index in [1.54, 1.807) is 0 Å². The lowest BCUT2D eigenvalue weighted by molar-refractivity contribution is 0.508. The van der Waals surface area contributed by atoms with Crippen LogP contribution in [0, 0.1) is 0 Å². The molecule has 0 aromatic carbocycles.